The molecular formula is C16H32N2O. The predicted octanol–water partition coefficient (Wildman–Crippen LogP) is 2.25. The second-order valence-electron chi connectivity index (χ2n) is 7.23. The van der Waals surface area contributed by atoms with Crippen LogP contribution in [-0.4, -0.2) is 48.8 Å². The predicted molar refractivity (Wildman–Crippen MR) is 80.3 cm³/mol. The monoisotopic (exact) mass is 268 g/mol. The van der Waals surface area contributed by atoms with Crippen molar-refractivity contribution in [1.29, 1.82) is 0 Å². The maximum Gasteiger partial charge on any atom is 0.0586 e. The fourth-order valence-corrected chi connectivity index (χ4v) is 4.33. The van der Waals surface area contributed by atoms with Gasteiger partial charge in [-0.2, -0.15) is 0 Å². The van der Waals surface area contributed by atoms with E-state index < -0.39 is 0 Å². The lowest BCUT2D eigenvalue weighted by Crippen LogP contribution is -2.47. The van der Waals surface area contributed by atoms with Crippen molar-refractivity contribution in [3.8, 4) is 0 Å². The van der Waals surface area contributed by atoms with Crippen molar-refractivity contribution in [1.82, 2.24) is 10.2 Å². The van der Waals surface area contributed by atoms with E-state index in [1.807, 2.05) is 0 Å². The Morgan fingerprint density at radius 1 is 1.21 bits per heavy atom. The lowest BCUT2D eigenvalue weighted by atomic mass is 9.84. The molecule has 1 saturated carbocycles. The van der Waals surface area contributed by atoms with E-state index in [-0.39, 0.29) is 0 Å². The molecule has 3 unspecified atom stereocenters. The molecule has 0 bridgehead atoms. The molecular weight excluding hydrogens is 236 g/mol. The van der Waals surface area contributed by atoms with Crippen molar-refractivity contribution in [2.24, 2.45) is 11.3 Å². The van der Waals surface area contributed by atoms with Crippen molar-refractivity contribution >= 4 is 0 Å². The molecule has 3 heteroatoms. The van der Waals surface area contributed by atoms with Gasteiger partial charge in [0, 0.05) is 18.6 Å². The molecule has 1 aliphatic heterocycles. The van der Waals surface area contributed by atoms with E-state index >= 15 is 0 Å². The Bertz CT molecular complexity index is 278. The molecule has 0 aromatic carbocycles. The Kier molecular flexibility index (Phi) is 5.27. The van der Waals surface area contributed by atoms with Crippen LogP contribution in [0.15, 0.2) is 0 Å². The normalized spacial score (nSPS) is 36.3. The lowest BCUT2D eigenvalue weighted by Gasteiger charge is -2.35. The molecule has 0 radical (unpaired) electrons. The smallest absolute Gasteiger partial charge is 0.0586 e. The first-order valence-corrected chi connectivity index (χ1v) is 8.10. The van der Waals surface area contributed by atoms with Crippen molar-refractivity contribution < 1.29 is 5.11 Å². The highest BCUT2D eigenvalue weighted by Gasteiger charge is 2.41. The van der Waals surface area contributed by atoms with E-state index in [1.54, 1.807) is 0 Å². The molecule has 0 amide bonds. The maximum absolute atomic E-state index is 9.63. The Hall–Kier alpha value is -0.120. The third-order valence-electron chi connectivity index (χ3n) is 5.46. The van der Waals surface area contributed by atoms with Crippen LogP contribution in [-0.2, 0) is 0 Å². The number of rotatable bonds is 4. The zero-order valence-electron chi connectivity index (χ0n) is 13.0. The average Bonchev–Trinajstić information content (AvgIpc) is 2.54. The fraction of sp³-hybridized carbons (Fsp3) is 1.00. The highest BCUT2D eigenvalue weighted by atomic mass is 16.3. The van der Waals surface area contributed by atoms with Crippen molar-refractivity contribution in [2.75, 3.05) is 26.7 Å². The highest BCUT2D eigenvalue weighted by Crippen LogP contribution is 2.41. The summed E-state index contributed by atoms with van der Waals surface area (Å²) in [4.78, 5) is 2.57. The minimum Gasteiger partial charge on any atom is -0.395 e. The molecule has 2 N–H and O–H groups in total. The number of aliphatic hydroxyl groups is 1. The van der Waals surface area contributed by atoms with Crippen LogP contribution in [0.4, 0.5) is 0 Å². The van der Waals surface area contributed by atoms with Gasteiger partial charge in [-0.3, -0.25) is 4.90 Å². The molecule has 3 nitrogen and oxygen atoms in total. The van der Waals surface area contributed by atoms with Crippen LogP contribution in [0.1, 0.15) is 52.4 Å². The molecule has 112 valence electrons. The van der Waals surface area contributed by atoms with Gasteiger partial charge >= 0.3 is 0 Å². The number of likely N-dealkylation sites (tertiary alicyclic amines) is 1. The standard InChI is InChI=1S/C16H32N2O/c1-16(2)9-8-13(15(16)17-3)11-18-10-6-4-5-7-14(18)12-19/h13-15,17,19H,4-12H2,1-3H3. The van der Waals surface area contributed by atoms with E-state index in [4.69, 9.17) is 0 Å². The third-order valence-corrected chi connectivity index (χ3v) is 5.46. The Balaban J connectivity index is 1.98. The first-order valence-electron chi connectivity index (χ1n) is 8.10. The van der Waals surface area contributed by atoms with E-state index in [0.717, 1.165) is 5.92 Å². The van der Waals surface area contributed by atoms with Crippen LogP contribution >= 0.6 is 0 Å². The van der Waals surface area contributed by atoms with E-state index in [0.29, 0.717) is 24.1 Å². The van der Waals surface area contributed by atoms with Gasteiger partial charge in [0.15, 0.2) is 0 Å². The molecule has 2 aliphatic rings. The van der Waals surface area contributed by atoms with Gasteiger partial charge in [-0.1, -0.05) is 26.7 Å². The van der Waals surface area contributed by atoms with Crippen molar-refractivity contribution in [3.63, 3.8) is 0 Å². The van der Waals surface area contributed by atoms with Gasteiger partial charge in [0.1, 0.15) is 0 Å². The summed E-state index contributed by atoms with van der Waals surface area (Å²) in [6, 6.07) is 1.03. The number of nitrogens with one attached hydrogen (secondary N) is 1. The summed E-state index contributed by atoms with van der Waals surface area (Å²) in [6.07, 6.45) is 7.74. The van der Waals surface area contributed by atoms with Gasteiger partial charge in [-0.25, -0.2) is 0 Å². The van der Waals surface area contributed by atoms with Crippen LogP contribution in [0, 0.1) is 11.3 Å². The largest absolute Gasteiger partial charge is 0.395 e. The summed E-state index contributed by atoms with van der Waals surface area (Å²) < 4.78 is 0. The van der Waals surface area contributed by atoms with Crippen LogP contribution < -0.4 is 5.32 Å². The van der Waals surface area contributed by atoms with Crippen LogP contribution in [0.3, 0.4) is 0 Å². The van der Waals surface area contributed by atoms with Crippen LogP contribution in [0.2, 0.25) is 0 Å². The molecule has 19 heavy (non-hydrogen) atoms. The summed E-state index contributed by atoms with van der Waals surface area (Å²) in [5, 5.41) is 13.2. The van der Waals surface area contributed by atoms with Crippen LogP contribution in [0.5, 0.6) is 0 Å². The van der Waals surface area contributed by atoms with E-state index in [9.17, 15) is 5.11 Å². The minimum atomic E-state index is 0.334. The molecule has 0 spiro atoms. The van der Waals surface area contributed by atoms with Gasteiger partial charge in [0.25, 0.3) is 0 Å². The number of hydrogen-bond acceptors (Lipinski definition) is 3. The molecule has 1 aliphatic carbocycles. The molecule has 3 atom stereocenters. The second-order valence-corrected chi connectivity index (χ2v) is 7.23. The summed E-state index contributed by atoms with van der Waals surface area (Å²) in [5.74, 6) is 0.743. The average molecular weight is 268 g/mol. The Labute approximate surface area is 118 Å². The van der Waals surface area contributed by atoms with Gasteiger partial charge in [0.2, 0.25) is 0 Å². The maximum atomic E-state index is 9.63. The molecule has 0 aromatic heterocycles. The van der Waals surface area contributed by atoms with Gasteiger partial charge < -0.3 is 10.4 Å². The summed E-state index contributed by atoms with van der Waals surface area (Å²) >= 11 is 0. The zero-order chi connectivity index (χ0) is 13.9. The topological polar surface area (TPSA) is 35.5 Å². The minimum absolute atomic E-state index is 0.334. The van der Waals surface area contributed by atoms with Gasteiger partial charge in [-0.05, 0) is 50.6 Å². The number of nitrogens with zero attached hydrogens (tertiary/aromatic N) is 1. The second kappa shape index (κ2) is 6.55. The highest BCUT2D eigenvalue weighted by molar-refractivity contribution is 4.97. The molecule has 2 fully saturated rings. The SMILES string of the molecule is CNC1C(CN2CCCCCC2CO)CCC1(C)C. The summed E-state index contributed by atoms with van der Waals surface area (Å²) in [7, 11) is 2.11. The van der Waals surface area contributed by atoms with Gasteiger partial charge in [-0.15, -0.1) is 0 Å². The Morgan fingerprint density at radius 2 is 2.00 bits per heavy atom. The lowest BCUT2D eigenvalue weighted by molar-refractivity contribution is 0.0992. The van der Waals surface area contributed by atoms with Crippen molar-refractivity contribution in [2.45, 2.75) is 64.5 Å². The molecule has 0 aromatic rings. The van der Waals surface area contributed by atoms with E-state index in [2.05, 4.69) is 31.1 Å². The third kappa shape index (κ3) is 3.50. The quantitative estimate of drug-likeness (QED) is 0.821. The fourth-order valence-electron chi connectivity index (χ4n) is 4.33. The molecule has 2 rings (SSSR count). The van der Waals surface area contributed by atoms with Gasteiger partial charge in [0.05, 0.1) is 6.61 Å². The zero-order valence-corrected chi connectivity index (χ0v) is 13.0. The molecule has 1 saturated heterocycles. The van der Waals surface area contributed by atoms with E-state index in [1.165, 1.54) is 51.6 Å². The summed E-state index contributed by atoms with van der Waals surface area (Å²) in [6.45, 7) is 7.46. The first kappa shape index (κ1) is 15.3. The number of hydrogen-bond donors (Lipinski definition) is 2. The molecule has 1 heterocycles. The van der Waals surface area contributed by atoms with Crippen LogP contribution in [0.25, 0.3) is 0 Å². The summed E-state index contributed by atoms with van der Waals surface area (Å²) in [5.41, 5.74) is 0.417. The Morgan fingerprint density at radius 3 is 2.68 bits per heavy atom. The van der Waals surface area contributed by atoms with Crippen molar-refractivity contribution in [3.05, 3.63) is 0 Å². The first-order chi connectivity index (χ1) is 9.08. The number of aliphatic hydroxyl groups excluding tert-OH is 1.